The van der Waals surface area contributed by atoms with Crippen LogP contribution in [0.25, 0.3) is 0 Å². The van der Waals surface area contributed by atoms with Crippen LogP contribution in [0.4, 0.5) is 0 Å². The lowest BCUT2D eigenvalue weighted by atomic mass is 9.99. The van der Waals surface area contributed by atoms with Crippen molar-refractivity contribution in [2.75, 3.05) is 13.2 Å². The molecular formula is C16H26N2O2. The summed E-state index contributed by atoms with van der Waals surface area (Å²) >= 11 is 0. The molecule has 0 aromatic heterocycles. The van der Waals surface area contributed by atoms with Gasteiger partial charge in [0.2, 0.25) is 0 Å². The smallest absolute Gasteiger partial charge is 0.119 e. The van der Waals surface area contributed by atoms with E-state index in [9.17, 15) is 0 Å². The summed E-state index contributed by atoms with van der Waals surface area (Å²) in [6.07, 6.45) is 6.19. The van der Waals surface area contributed by atoms with E-state index in [4.69, 9.17) is 15.3 Å². The first kappa shape index (κ1) is 15.3. The molecule has 0 aliphatic carbocycles. The molecule has 112 valence electrons. The number of hydrogen-bond donors (Lipinski definition) is 2. The molecule has 4 heteroatoms. The Labute approximate surface area is 121 Å². The first-order valence-corrected chi connectivity index (χ1v) is 7.64. The van der Waals surface area contributed by atoms with Crippen molar-refractivity contribution < 1.29 is 9.47 Å². The van der Waals surface area contributed by atoms with Crippen LogP contribution in [0.1, 0.15) is 50.6 Å². The summed E-state index contributed by atoms with van der Waals surface area (Å²) in [5, 5.41) is 0. The van der Waals surface area contributed by atoms with Gasteiger partial charge in [-0.2, -0.15) is 0 Å². The average Bonchev–Trinajstić information content (AvgIpc) is 2.98. The van der Waals surface area contributed by atoms with Crippen LogP contribution in [-0.2, 0) is 4.74 Å². The molecule has 1 saturated heterocycles. The predicted octanol–water partition coefficient (Wildman–Crippen LogP) is 2.94. The van der Waals surface area contributed by atoms with Crippen LogP contribution >= 0.6 is 0 Å². The van der Waals surface area contributed by atoms with E-state index in [1.807, 2.05) is 19.1 Å². The maximum atomic E-state index is 5.68. The third-order valence-electron chi connectivity index (χ3n) is 3.84. The predicted molar refractivity (Wildman–Crippen MR) is 80.5 cm³/mol. The second-order valence-electron chi connectivity index (χ2n) is 5.29. The molecule has 0 spiro atoms. The van der Waals surface area contributed by atoms with E-state index in [-0.39, 0.29) is 6.04 Å². The van der Waals surface area contributed by atoms with Crippen LogP contribution in [0.15, 0.2) is 24.3 Å². The highest BCUT2D eigenvalue weighted by Crippen LogP contribution is 2.24. The number of rotatable bonds is 8. The molecule has 0 saturated carbocycles. The topological polar surface area (TPSA) is 56.5 Å². The number of hydrazine groups is 1. The normalized spacial score (nSPS) is 20.0. The van der Waals surface area contributed by atoms with Gasteiger partial charge >= 0.3 is 0 Å². The Kier molecular flexibility index (Phi) is 6.30. The second-order valence-corrected chi connectivity index (χ2v) is 5.29. The van der Waals surface area contributed by atoms with E-state index >= 15 is 0 Å². The van der Waals surface area contributed by atoms with E-state index in [1.165, 1.54) is 18.4 Å². The van der Waals surface area contributed by atoms with Crippen LogP contribution in [0.5, 0.6) is 5.75 Å². The van der Waals surface area contributed by atoms with Gasteiger partial charge in [-0.15, -0.1) is 0 Å². The van der Waals surface area contributed by atoms with E-state index in [1.54, 1.807) is 0 Å². The fraction of sp³-hybridized carbons (Fsp3) is 0.625. The van der Waals surface area contributed by atoms with Crippen LogP contribution in [0.3, 0.4) is 0 Å². The van der Waals surface area contributed by atoms with Crippen LogP contribution in [0, 0.1) is 0 Å². The Morgan fingerprint density at radius 2 is 2.20 bits per heavy atom. The zero-order chi connectivity index (χ0) is 14.2. The molecule has 1 aliphatic heterocycles. The highest BCUT2D eigenvalue weighted by atomic mass is 16.5. The number of nitrogens with one attached hydrogen (secondary N) is 1. The van der Waals surface area contributed by atoms with Gasteiger partial charge in [0.15, 0.2) is 0 Å². The molecule has 2 rings (SSSR count). The SMILES string of the molecule is CCOc1ccc(C(CCCC2CCCO2)NN)cc1. The molecule has 0 amide bonds. The van der Waals surface area contributed by atoms with E-state index < -0.39 is 0 Å². The van der Waals surface area contributed by atoms with Crippen molar-refractivity contribution in [2.24, 2.45) is 5.84 Å². The van der Waals surface area contributed by atoms with E-state index in [0.29, 0.717) is 12.7 Å². The van der Waals surface area contributed by atoms with Gasteiger partial charge in [0, 0.05) is 12.6 Å². The summed E-state index contributed by atoms with van der Waals surface area (Å²) in [5.74, 6) is 6.59. The highest BCUT2D eigenvalue weighted by Gasteiger charge is 2.16. The Bertz CT molecular complexity index is 375. The number of hydrogen-bond acceptors (Lipinski definition) is 4. The van der Waals surface area contributed by atoms with Crippen molar-refractivity contribution in [3.8, 4) is 5.75 Å². The molecule has 1 aromatic carbocycles. The van der Waals surface area contributed by atoms with Gasteiger partial charge in [-0.25, -0.2) is 0 Å². The first-order valence-electron chi connectivity index (χ1n) is 7.64. The summed E-state index contributed by atoms with van der Waals surface area (Å²) in [6.45, 7) is 3.62. The molecule has 2 unspecified atom stereocenters. The third-order valence-corrected chi connectivity index (χ3v) is 3.84. The second kappa shape index (κ2) is 8.25. The summed E-state index contributed by atoms with van der Waals surface area (Å²) in [5.41, 5.74) is 4.12. The molecule has 0 radical (unpaired) electrons. The minimum Gasteiger partial charge on any atom is -0.494 e. The summed E-state index contributed by atoms with van der Waals surface area (Å²) < 4.78 is 11.1. The van der Waals surface area contributed by atoms with Gasteiger partial charge in [0.25, 0.3) is 0 Å². The maximum absolute atomic E-state index is 5.68. The quantitative estimate of drug-likeness (QED) is 0.567. The van der Waals surface area contributed by atoms with E-state index in [2.05, 4.69) is 17.6 Å². The monoisotopic (exact) mass is 278 g/mol. The minimum atomic E-state index is 0.201. The van der Waals surface area contributed by atoms with Gasteiger partial charge in [0.1, 0.15) is 5.75 Å². The van der Waals surface area contributed by atoms with E-state index in [0.717, 1.165) is 31.6 Å². The molecule has 2 atom stereocenters. The minimum absolute atomic E-state index is 0.201. The Balaban J connectivity index is 1.80. The zero-order valence-electron chi connectivity index (χ0n) is 12.3. The standard InChI is InChI=1S/C16H26N2O2/c1-2-19-15-10-8-13(9-11-15)16(18-17)7-3-5-14-6-4-12-20-14/h8-11,14,16,18H,2-7,12,17H2,1H3. The Morgan fingerprint density at radius 3 is 2.80 bits per heavy atom. The van der Waals surface area contributed by atoms with Crippen LogP contribution < -0.4 is 16.0 Å². The molecule has 1 fully saturated rings. The van der Waals surface area contributed by atoms with Crippen LogP contribution in [0.2, 0.25) is 0 Å². The molecule has 1 heterocycles. The summed E-state index contributed by atoms with van der Waals surface area (Å²) in [7, 11) is 0. The van der Waals surface area contributed by atoms with Crippen molar-refractivity contribution in [3.05, 3.63) is 29.8 Å². The highest BCUT2D eigenvalue weighted by molar-refractivity contribution is 5.29. The summed E-state index contributed by atoms with van der Waals surface area (Å²) in [6, 6.07) is 8.38. The maximum Gasteiger partial charge on any atom is 0.119 e. The van der Waals surface area contributed by atoms with Crippen molar-refractivity contribution in [1.82, 2.24) is 5.43 Å². The largest absolute Gasteiger partial charge is 0.494 e. The average molecular weight is 278 g/mol. The molecule has 1 aliphatic rings. The fourth-order valence-corrected chi connectivity index (χ4v) is 2.73. The summed E-state index contributed by atoms with van der Waals surface area (Å²) in [4.78, 5) is 0. The lowest BCUT2D eigenvalue weighted by molar-refractivity contribution is 0.101. The molecule has 20 heavy (non-hydrogen) atoms. The van der Waals surface area contributed by atoms with Crippen molar-refractivity contribution in [3.63, 3.8) is 0 Å². The van der Waals surface area contributed by atoms with Gasteiger partial charge in [-0.1, -0.05) is 12.1 Å². The molecule has 4 nitrogen and oxygen atoms in total. The van der Waals surface area contributed by atoms with Gasteiger partial charge in [-0.3, -0.25) is 11.3 Å². The first-order chi connectivity index (χ1) is 9.83. The zero-order valence-corrected chi connectivity index (χ0v) is 12.3. The van der Waals surface area contributed by atoms with Crippen LogP contribution in [-0.4, -0.2) is 19.3 Å². The molecule has 1 aromatic rings. The lowest BCUT2D eigenvalue weighted by Gasteiger charge is -2.18. The Hall–Kier alpha value is -1.10. The molecule has 0 bridgehead atoms. The van der Waals surface area contributed by atoms with Gasteiger partial charge in [-0.05, 0) is 56.7 Å². The number of ether oxygens (including phenoxy) is 2. The van der Waals surface area contributed by atoms with Crippen molar-refractivity contribution in [1.29, 1.82) is 0 Å². The molecule has 3 N–H and O–H groups in total. The molecular weight excluding hydrogens is 252 g/mol. The Morgan fingerprint density at radius 1 is 1.40 bits per heavy atom. The van der Waals surface area contributed by atoms with Crippen molar-refractivity contribution in [2.45, 2.75) is 51.2 Å². The third kappa shape index (κ3) is 4.47. The van der Waals surface area contributed by atoms with Gasteiger partial charge in [0.05, 0.1) is 12.7 Å². The number of benzene rings is 1. The van der Waals surface area contributed by atoms with Gasteiger partial charge < -0.3 is 9.47 Å². The number of nitrogens with two attached hydrogens (primary N) is 1. The van der Waals surface area contributed by atoms with Crippen molar-refractivity contribution >= 4 is 0 Å². The fourth-order valence-electron chi connectivity index (χ4n) is 2.73. The lowest BCUT2D eigenvalue weighted by Crippen LogP contribution is -2.28.